The summed E-state index contributed by atoms with van der Waals surface area (Å²) in [5.74, 6) is -1.44. The molecule has 2 fully saturated rings. The zero-order valence-electron chi connectivity index (χ0n) is 15.9. The minimum absolute atomic E-state index is 0.207. The number of aliphatic carboxylic acids is 1. The number of benzene rings is 1. The van der Waals surface area contributed by atoms with Gasteiger partial charge in [0, 0.05) is 19.6 Å². The lowest BCUT2D eigenvalue weighted by Crippen LogP contribution is -2.67. The number of rotatable bonds is 6. The van der Waals surface area contributed by atoms with Crippen molar-refractivity contribution in [3.05, 3.63) is 35.9 Å². The Balaban J connectivity index is 1.88. The number of carbonyl (C=O) groups is 2. The Hall–Kier alpha value is -2.04. The highest BCUT2D eigenvalue weighted by Gasteiger charge is 2.52. The van der Waals surface area contributed by atoms with Crippen molar-refractivity contribution in [1.82, 2.24) is 5.32 Å². The van der Waals surface area contributed by atoms with Gasteiger partial charge in [0.15, 0.2) is 18.7 Å². The minimum atomic E-state index is -1.12. The first-order chi connectivity index (χ1) is 13.4. The van der Waals surface area contributed by atoms with E-state index in [0.717, 1.165) is 5.56 Å². The summed E-state index contributed by atoms with van der Waals surface area (Å²) in [6.07, 6.45) is -4.62. The molecule has 0 radical (unpaired) electrons. The van der Waals surface area contributed by atoms with Crippen LogP contribution in [0, 0.1) is 0 Å². The van der Waals surface area contributed by atoms with Crippen molar-refractivity contribution >= 4 is 11.9 Å². The van der Waals surface area contributed by atoms with Gasteiger partial charge in [-0.15, -0.1) is 0 Å². The molecule has 2 heterocycles. The second-order valence-corrected chi connectivity index (χ2v) is 6.76. The molecule has 2 N–H and O–H groups in total. The van der Waals surface area contributed by atoms with Crippen LogP contribution in [0.5, 0.6) is 0 Å². The normalized spacial score (nSPS) is 33.5. The van der Waals surface area contributed by atoms with E-state index in [4.69, 9.17) is 23.7 Å². The molecule has 0 spiro atoms. The van der Waals surface area contributed by atoms with E-state index >= 15 is 0 Å². The Bertz CT molecular complexity index is 684. The van der Waals surface area contributed by atoms with Crippen molar-refractivity contribution in [3.8, 4) is 0 Å². The van der Waals surface area contributed by atoms with Crippen LogP contribution in [0.2, 0.25) is 0 Å². The first-order valence-corrected chi connectivity index (χ1v) is 9.06. The third kappa shape index (κ3) is 4.50. The number of carbonyl (C=O) groups excluding carboxylic acids is 1. The molecule has 9 nitrogen and oxygen atoms in total. The Labute approximate surface area is 162 Å². The van der Waals surface area contributed by atoms with Crippen LogP contribution in [-0.2, 0) is 33.3 Å². The first-order valence-electron chi connectivity index (χ1n) is 9.06. The summed E-state index contributed by atoms with van der Waals surface area (Å²) < 4.78 is 28.9. The maximum absolute atomic E-state index is 11.7. The molecule has 28 heavy (non-hydrogen) atoms. The highest BCUT2D eigenvalue weighted by atomic mass is 16.7. The van der Waals surface area contributed by atoms with Gasteiger partial charge in [-0.25, -0.2) is 4.79 Å². The lowest BCUT2D eigenvalue weighted by atomic mass is 9.95. The molecule has 3 unspecified atom stereocenters. The van der Waals surface area contributed by atoms with Gasteiger partial charge in [-0.05, 0) is 6.92 Å². The van der Waals surface area contributed by atoms with Crippen molar-refractivity contribution in [3.63, 3.8) is 0 Å². The second-order valence-electron chi connectivity index (χ2n) is 6.76. The van der Waals surface area contributed by atoms with Gasteiger partial charge in [-0.2, -0.15) is 0 Å². The molecule has 1 aromatic rings. The molecule has 0 saturated carbocycles. The van der Waals surface area contributed by atoms with E-state index in [1.807, 2.05) is 30.3 Å². The van der Waals surface area contributed by atoms with Crippen LogP contribution in [0.25, 0.3) is 0 Å². The molecule has 1 amide bonds. The number of hydrogen-bond acceptors (Lipinski definition) is 7. The number of nitrogens with one attached hydrogen (secondary N) is 1. The largest absolute Gasteiger partial charge is 0.479 e. The van der Waals surface area contributed by atoms with Gasteiger partial charge < -0.3 is 34.1 Å². The van der Waals surface area contributed by atoms with Crippen molar-refractivity contribution in [1.29, 1.82) is 0 Å². The molecule has 0 aliphatic carbocycles. The predicted molar refractivity (Wildman–Crippen MR) is 95.3 cm³/mol. The van der Waals surface area contributed by atoms with E-state index in [9.17, 15) is 14.7 Å². The van der Waals surface area contributed by atoms with Crippen LogP contribution < -0.4 is 5.32 Å². The lowest BCUT2D eigenvalue weighted by Gasteiger charge is -2.49. The number of ether oxygens (including phenoxy) is 5. The molecule has 9 heteroatoms. The first kappa shape index (κ1) is 20.7. The molecular formula is C19H25NO8. The molecule has 154 valence electrons. The summed E-state index contributed by atoms with van der Waals surface area (Å²) in [6, 6.07) is 8.61. The van der Waals surface area contributed by atoms with E-state index in [1.165, 1.54) is 21.0 Å². The maximum Gasteiger partial charge on any atom is 0.332 e. The third-order valence-corrected chi connectivity index (χ3v) is 4.72. The summed E-state index contributed by atoms with van der Waals surface area (Å²) in [7, 11) is 1.44. The van der Waals surface area contributed by atoms with Crippen LogP contribution in [0.15, 0.2) is 30.3 Å². The van der Waals surface area contributed by atoms with Crippen molar-refractivity contribution in [2.24, 2.45) is 0 Å². The summed E-state index contributed by atoms with van der Waals surface area (Å²) in [5, 5.41) is 12.0. The number of hydrogen-bond donors (Lipinski definition) is 2. The van der Waals surface area contributed by atoms with E-state index in [-0.39, 0.29) is 12.5 Å². The Morgan fingerprint density at radius 1 is 1.25 bits per heavy atom. The van der Waals surface area contributed by atoms with Crippen LogP contribution in [0.1, 0.15) is 25.7 Å². The Kier molecular flexibility index (Phi) is 6.63. The number of methoxy groups -OCH3 is 1. The van der Waals surface area contributed by atoms with Gasteiger partial charge in [0.2, 0.25) is 5.91 Å². The van der Waals surface area contributed by atoms with Crippen LogP contribution in [-0.4, -0.2) is 67.4 Å². The number of amides is 1. The Morgan fingerprint density at radius 2 is 1.96 bits per heavy atom. The molecule has 2 saturated heterocycles. The molecule has 2 aliphatic rings. The molecule has 3 rings (SSSR count). The van der Waals surface area contributed by atoms with Crippen molar-refractivity contribution in [2.75, 3.05) is 13.7 Å². The fourth-order valence-corrected chi connectivity index (χ4v) is 3.40. The van der Waals surface area contributed by atoms with E-state index in [2.05, 4.69) is 5.32 Å². The second kappa shape index (κ2) is 8.97. The van der Waals surface area contributed by atoms with Crippen LogP contribution in [0.4, 0.5) is 0 Å². The average molecular weight is 395 g/mol. The summed E-state index contributed by atoms with van der Waals surface area (Å²) in [6.45, 7) is 2.99. The Morgan fingerprint density at radius 3 is 2.57 bits per heavy atom. The molecule has 7 atom stereocenters. The maximum atomic E-state index is 11.7. The number of fused-ring (bicyclic) bond motifs is 1. The predicted octanol–water partition coefficient (Wildman–Crippen LogP) is 0.835. The standard InChI is InChI=1S/C19H25NO8/c1-10(17(22)23)26-16-14(20-11(2)21)19(24-3)27-13-9-25-18(28-15(13)16)12-7-5-4-6-8-12/h4-8,10,13-16,18-19H,9H2,1-3H3,(H,20,21)(H,22,23)/t10-,13?,14?,15-,16-,18?,19+/m1/s1. The van der Waals surface area contributed by atoms with Gasteiger partial charge in [0.1, 0.15) is 24.4 Å². The molecular weight excluding hydrogens is 370 g/mol. The monoisotopic (exact) mass is 395 g/mol. The topological polar surface area (TPSA) is 113 Å². The van der Waals surface area contributed by atoms with Gasteiger partial charge in [0.05, 0.1) is 6.61 Å². The molecule has 2 aliphatic heterocycles. The summed E-state index contributed by atoms with van der Waals surface area (Å²) in [4.78, 5) is 23.1. The fourth-order valence-electron chi connectivity index (χ4n) is 3.40. The van der Waals surface area contributed by atoms with E-state index in [0.29, 0.717) is 0 Å². The fraction of sp³-hybridized carbons (Fsp3) is 0.579. The lowest BCUT2D eigenvalue weighted by molar-refractivity contribution is -0.347. The SMILES string of the molecule is CO[C@H]1OC2COC(c3ccccc3)O[C@H]2[C@H](O[C@H](C)C(=O)O)C1NC(C)=O. The van der Waals surface area contributed by atoms with Crippen LogP contribution >= 0.6 is 0 Å². The number of carboxylic acids is 1. The highest BCUT2D eigenvalue weighted by Crippen LogP contribution is 2.35. The summed E-state index contributed by atoms with van der Waals surface area (Å²) >= 11 is 0. The van der Waals surface area contributed by atoms with Crippen LogP contribution in [0.3, 0.4) is 0 Å². The van der Waals surface area contributed by atoms with E-state index < -0.39 is 49.0 Å². The van der Waals surface area contributed by atoms with Gasteiger partial charge in [-0.3, -0.25) is 4.79 Å². The quantitative estimate of drug-likeness (QED) is 0.729. The van der Waals surface area contributed by atoms with Gasteiger partial charge in [-0.1, -0.05) is 30.3 Å². The molecule has 0 aromatic heterocycles. The third-order valence-electron chi connectivity index (χ3n) is 4.72. The minimum Gasteiger partial charge on any atom is -0.479 e. The smallest absolute Gasteiger partial charge is 0.332 e. The number of carboxylic acid groups (broad SMARTS) is 1. The van der Waals surface area contributed by atoms with E-state index in [1.54, 1.807) is 0 Å². The molecule has 0 bridgehead atoms. The zero-order valence-corrected chi connectivity index (χ0v) is 15.9. The van der Waals surface area contributed by atoms with Crippen molar-refractivity contribution in [2.45, 2.75) is 56.9 Å². The zero-order chi connectivity index (χ0) is 20.3. The summed E-state index contributed by atoms with van der Waals surface area (Å²) in [5.41, 5.74) is 0.816. The van der Waals surface area contributed by atoms with Crippen molar-refractivity contribution < 1.29 is 38.4 Å². The van der Waals surface area contributed by atoms with Gasteiger partial charge in [0.25, 0.3) is 0 Å². The van der Waals surface area contributed by atoms with Gasteiger partial charge >= 0.3 is 5.97 Å². The highest BCUT2D eigenvalue weighted by molar-refractivity contribution is 5.73. The average Bonchev–Trinajstić information content (AvgIpc) is 2.69. The molecule has 1 aromatic carbocycles.